The predicted octanol–water partition coefficient (Wildman–Crippen LogP) is 5.06. The molecular weight excluding hydrogens is 317 g/mol. The highest BCUT2D eigenvalue weighted by atomic mass is 79.9. The number of nitrogens with two attached hydrogens (primary N) is 1. The lowest BCUT2D eigenvalue weighted by Gasteiger charge is -2.29. The van der Waals surface area contributed by atoms with Gasteiger partial charge in [0, 0.05) is 10.0 Å². The van der Waals surface area contributed by atoms with Gasteiger partial charge in [0.2, 0.25) is 0 Å². The van der Waals surface area contributed by atoms with Crippen LogP contribution in [-0.4, -0.2) is 5.54 Å². The van der Waals surface area contributed by atoms with Gasteiger partial charge in [-0.1, -0.05) is 48.7 Å². The zero-order valence-electron chi connectivity index (χ0n) is 12.5. The first-order valence-electron chi connectivity index (χ1n) is 7.62. The molecule has 0 amide bonds. The van der Waals surface area contributed by atoms with Gasteiger partial charge in [0.15, 0.2) is 0 Å². The average molecular weight is 342 g/mol. The van der Waals surface area contributed by atoms with Gasteiger partial charge in [-0.2, -0.15) is 0 Å². The second-order valence-electron chi connectivity index (χ2n) is 6.71. The van der Waals surface area contributed by atoms with Crippen LogP contribution >= 0.6 is 15.9 Å². The molecule has 0 spiro atoms. The normalized spacial score (nSPS) is 27.6. The standard InChI is InChI=1S/C17H25BrFN/c1-12(2)13-4-3-8-17(20,9-7-13)11-14-5-6-15(18)10-16(14)19/h5-6,10,12-13H,3-4,7-9,11,20H2,1-2H3. The molecule has 0 bridgehead atoms. The van der Waals surface area contributed by atoms with Gasteiger partial charge >= 0.3 is 0 Å². The van der Waals surface area contributed by atoms with Gasteiger partial charge in [-0.05, 0) is 55.2 Å². The number of rotatable bonds is 3. The minimum absolute atomic E-state index is 0.145. The second kappa shape index (κ2) is 6.57. The summed E-state index contributed by atoms with van der Waals surface area (Å²) in [4.78, 5) is 0. The van der Waals surface area contributed by atoms with Crippen LogP contribution in [0.5, 0.6) is 0 Å². The van der Waals surface area contributed by atoms with Crippen molar-refractivity contribution in [2.45, 2.75) is 57.9 Å². The molecular formula is C17H25BrFN. The van der Waals surface area contributed by atoms with Gasteiger partial charge < -0.3 is 5.73 Å². The average Bonchev–Trinajstić information content (AvgIpc) is 2.55. The van der Waals surface area contributed by atoms with Gasteiger partial charge in [-0.3, -0.25) is 0 Å². The fraction of sp³-hybridized carbons (Fsp3) is 0.647. The number of hydrogen-bond acceptors (Lipinski definition) is 1. The third kappa shape index (κ3) is 4.05. The minimum atomic E-state index is -0.238. The fourth-order valence-corrected chi connectivity index (χ4v) is 3.68. The zero-order valence-corrected chi connectivity index (χ0v) is 14.0. The summed E-state index contributed by atoms with van der Waals surface area (Å²) >= 11 is 3.30. The summed E-state index contributed by atoms with van der Waals surface area (Å²) < 4.78 is 14.8. The van der Waals surface area contributed by atoms with Crippen LogP contribution in [0.25, 0.3) is 0 Å². The number of hydrogen-bond donors (Lipinski definition) is 1. The van der Waals surface area contributed by atoms with Crippen LogP contribution in [0.2, 0.25) is 0 Å². The molecule has 0 saturated heterocycles. The van der Waals surface area contributed by atoms with Crippen molar-refractivity contribution in [2.75, 3.05) is 0 Å². The van der Waals surface area contributed by atoms with Crippen molar-refractivity contribution in [3.8, 4) is 0 Å². The van der Waals surface area contributed by atoms with Crippen molar-refractivity contribution < 1.29 is 4.39 Å². The monoisotopic (exact) mass is 341 g/mol. The van der Waals surface area contributed by atoms with Crippen LogP contribution in [0.3, 0.4) is 0 Å². The molecule has 1 nitrogen and oxygen atoms in total. The van der Waals surface area contributed by atoms with E-state index in [-0.39, 0.29) is 11.4 Å². The van der Waals surface area contributed by atoms with E-state index in [1.54, 1.807) is 0 Å². The first-order chi connectivity index (χ1) is 9.39. The molecule has 112 valence electrons. The topological polar surface area (TPSA) is 26.0 Å². The van der Waals surface area contributed by atoms with E-state index in [9.17, 15) is 4.39 Å². The van der Waals surface area contributed by atoms with Crippen molar-refractivity contribution in [2.24, 2.45) is 17.6 Å². The molecule has 0 radical (unpaired) electrons. The Bertz CT molecular complexity index is 460. The summed E-state index contributed by atoms with van der Waals surface area (Å²) in [5.74, 6) is 1.35. The highest BCUT2D eigenvalue weighted by Gasteiger charge is 2.31. The Hall–Kier alpha value is -0.410. The Morgan fingerprint density at radius 3 is 2.75 bits per heavy atom. The van der Waals surface area contributed by atoms with Crippen molar-refractivity contribution in [1.82, 2.24) is 0 Å². The molecule has 0 aliphatic heterocycles. The summed E-state index contributed by atoms with van der Waals surface area (Å²) in [6.07, 6.45) is 6.26. The van der Waals surface area contributed by atoms with E-state index in [0.717, 1.165) is 41.1 Å². The lowest BCUT2D eigenvalue weighted by molar-refractivity contribution is 0.320. The first-order valence-corrected chi connectivity index (χ1v) is 8.42. The second-order valence-corrected chi connectivity index (χ2v) is 7.63. The first kappa shape index (κ1) is 16.0. The summed E-state index contributed by atoms with van der Waals surface area (Å²) in [5, 5.41) is 0. The van der Waals surface area contributed by atoms with Gasteiger partial charge in [-0.25, -0.2) is 4.39 Å². The Kier molecular flexibility index (Phi) is 5.25. The molecule has 0 aromatic heterocycles. The smallest absolute Gasteiger partial charge is 0.127 e. The molecule has 2 atom stereocenters. The van der Waals surface area contributed by atoms with Crippen LogP contribution < -0.4 is 5.73 Å². The fourth-order valence-electron chi connectivity index (χ4n) is 3.35. The van der Waals surface area contributed by atoms with Crippen molar-refractivity contribution in [3.05, 3.63) is 34.1 Å². The minimum Gasteiger partial charge on any atom is -0.325 e. The van der Waals surface area contributed by atoms with E-state index in [1.165, 1.54) is 18.9 Å². The van der Waals surface area contributed by atoms with E-state index in [1.807, 2.05) is 12.1 Å². The lowest BCUT2D eigenvalue weighted by Crippen LogP contribution is -2.41. The van der Waals surface area contributed by atoms with Crippen LogP contribution in [0.15, 0.2) is 22.7 Å². The van der Waals surface area contributed by atoms with Crippen molar-refractivity contribution in [3.63, 3.8) is 0 Å². The maximum atomic E-state index is 14.0. The maximum absolute atomic E-state index is 14.0. The molecule has 1 saturated carbocycles. The number of halogens is 2. The molecule has 1 aliphatic rings. The van der Waals surface area contributed by atoms with Gasteiger partial charge in [0.1, 0.15) is 5.82 Å². The van der Waals surface area contributed by atoms with Gasteiger partial charge in [0.05, 0.1) is 0 Å². The zero-order chi connectivity index (χ0) is 14.8. The molecule has 2 N–H and O–H groups in total. The molecule has 2 unspecified atom stereocenters. The molecule has 1 aromatic rings. The molecule has 1 fully saturated rings. The highest BCUT2D eigenvalue weighted by molar-refractivity contribution is 9.10. The molecule has 1 aliphatic carbocycles. The Balaban J connectivity index is 2.07. The van der Waals surface area contributed by atoms with E-state index in [2.05, 4.69) is 29.8 Å². The van der Waals surface area contributed by atoms with E-state index >= 15 is 0 Å². The lowest BCUT2D eigenvalue weighted by atomic mass is 9.83. The summed E-state index contributed by atoms with van der Waals surface area (Å²) in [6.45, 7) is 4.59. The molecule has 3 heteroatoms. The van der Waals surface area contributed by atoms with Crippen LogP contribution in [-0.2, 0) is 6.42 Å². The van der Waals surface area contributed by atoms with Crippen LogP contribution in [0.4, 0.5) is 4.39 Å². The van der Waals surface area contributed by atoms with Crippen molar-refractivity contribution in [1.29, 1.82) is 0 Å². The molecule has 20 heavy (non-hydrogen) atoms. The van der Waals surface area contributed by atoms with E-state index < -0.39 is 0 Å². The molecule has 2 rings (SSSR count). The predicted molar refractivity (Wildman–Crippen MR) is 86.1 cm³/mol. The third-order valence-electron chi connectivity index (χ3n) is 4.76. The third-order valence-corrected chi connectivity index (χ3v) is 5.26. The largest absolute Gasteiger partial charge is 0.325 e. The van der Waals surface area contributed by atoms with E-state index in [0.29, 0.717) is 6.42 Å². The van der Waals surface area contributed by atoms with Gasteiger partial charge in [-0.15, -0.1) is 0 Å². The Labute approximate surface area is 130 Å². The SMILES string of the molecule is CC(C)C1CCCC(N)(Cc2ccc(Br)cc2F)CC1. The highest BCUT2D eigenvalue weighted by Crippen LogP contribution is 2.35. The quantitative estimate of drug-likeness (QED) is 0.763. The van der Waals surface area contributed by atoms with Crippen LogP contribution in [0.1, 0.15) is 51.5 Å². The number of benzene rings is 1. The Morgan fingerprint density at radius 1 is 1.35 bits per heavy atom. The summed E-state index contributed by atoms with van der Waals surface area (Å²) in [5.41, 5.74) is 7.09. The van der Waals surface area contributed by atoms with E-state index in [4.69, 9.17) is 5.73 Å². The maximum Gasteiger partial charge on any atom is 0.127 e. The Morgan fingerprint density at radius 2 is 2.10 bits per heavy atom. The molecule has 0 heterocycles. The molecule has 1 aromatic carbocycles. The van der Waals surface area contributed by atoms with Gasteiger partial charge in [0.25, 0.3) is 0 Å². The summed E-state index contributed by atoms with van der Waals surface area (Å²) in [6, 6.07) is 5.29. The summed E-state index contributed by atoms with van der Waals surface area (Å²) in [7, 11) is 0. The van der Waals surface area contributed by atoms with Crippen LogP contribution in [0, 0.1) is 17.7 Å². The van der Waals surface area contributed by atoms with Crippen molar-refractivity contribution >= 4 is 15.9 Å².